The summed E-state index contributed by atoms with van der Waals surface area (Å²) in [6.07, 6.45) is 0. The molecule has 2 aromatic carbocycles. The molecule has 0 fully saturated rings. The van der Waals surface area contributed by atoms with Crippen LogP contribution in [0.25, 0.3) is 11.1 Å². The number of phenolic OH excluding ortho intramolecular Hbond substituents is 1. The summed E-state index contributed by atoms with van der Waals surface area (Å²) in [5.41, 5.74) is 3.13. The molecule has 2 aromatic rings. The third kappa shape index (κ3) is 1.87. The SMILES string of the molecule is COc1cccc(C)c1-c1cccc(O)c1. The van der Waals surface area contributed by atoms with Crippen molar-refractivity contribution in [1.82, 2.24) is 0 Å². The van der Waals surface area contributed by atoms with Crippen molar-refractivity contribution in [2.24, 2.45) is 0 Å². The van der Waals surface area contributed by atoms with E-state index in [9.17, 15) is 5.11 Å². The average Bonchev–Trinajstić information content (AvgIpc) is 2.28. The topological polar surface area (TPSA) is 29.5 Å². The molecular formula is C14H14O2. The van der Waals surface area contributed by atoms with E-state index in [2.05, 4.69) is 0 Å². The van der Waals surface area contributed by atoms with Gasteiger partial charge in [0.2, 0.25) is 0 Å². The standard InChI is InChI=1S/C14H14O2/c1-10-5-3-8-13(16-2)14(10)11-6-4-7-12(15)9-11/h3-9,15H,1-2H3. The summed E-state index contributed by atoms with van der Waals surface area (Å²) >= 11 is 0. The number of ether oxygens (including phenoxy) is 1. The lowest BCUT2D eigenvalue weighted by molar-refractivity contribution is 0.416. The van der Waals surface area contributed by atoms with Gasteiger partial charge in [-0.25, -0.2) is 0 Å². The van der Waals surface area contributed by atoms with Gasteiger partial charge < -0.3 is 9.84 Å². The molecule has 0 amide bonds. The van der Waals surface area contributed by atoms with Gasteiger partial charge in [-0.15, -0.1) is 0 Å². The van der Waals surface area contributed by atoms with Crippen molar-refractivity contribution >= 4 is 0 Å². The normalized spacial score (nSPS) is 10.1. The minimum atomic E-state index is 0.266. The van der Waals surface area contributed by atoms with Gasteiger partial charge >= 0.3 is 0 Å². The molecule has 0 aliphatic heterocycles. The van der Waals surface area contributed by atoms with Gasteiger partial charge in [-0.3, -0.25) is 0 Å². The lowest BCUT2D eigenvalue weighted by atomic mass is 9.99. The number of benzene rings is 2. The highest BCUT2D eigenvalue weighted by Crippen LogP contribution is 2.34. The molecule has 2 rings (SSSR count). The molecule has 0 radical (unpaired) electrons. The van der Waals surface area contributed by atoms with Crippen LogP contribution in [0.3, 0.4) is 0 Å². The van der Waals surface area contributed by atoms with E-state index >= 15 is 0 Å². The second-order valence-electron chi connectivity index (χ2n) is 3.70. The van der Waals surface area contributed by atoms with Gasteiger partial charge in [-0.1, -0.05) is 24.3 Å². The molecule has 2 heteroatoms. The van der Waals surface area contributed by atoms with Crippen molar-refractivity contribution in [2.75, 3.05) is 7.11 Å². The zero-order valence-corrected chi connectivity index (χ0v) is 9.40. The molecule has 82 valence electrons. The van der Waals surface area contributed by atoms with Crippen molar-refractivity contribution in [1.29, 1.82) is 0 Å². The molecule has 0 aromatic heterocycles. The fourth-order valence-corrected chi connectivity index (χ4v) is 1.84. The first-order chi connectivity index (χ1) is 7.72. The molecule has 0 atom stereocenters. The number of aryl methyl sites for hydroxylation is 1. The van der Waals surface area contributed by atoms with Crippen LogP contribution in [0.5, 0.6) is 11.5 Å². The van der Waals surface area contributed by atoms with Crippen LogP contribution in [0.2, 0.25) is 0 Å². The zero-order valence-electron chi connectivity index (χ0n) is 9.40. The maximum Gasteiger partial charge on any atom is 0.126 e. The van der Waals surface area contributed by atoms with Gasteiger partial charge in [-0.05, 0) is 36.2 Å². The predicted octanol–water partition coefficient (Wildman–Crippen LogP) is 3.38. The molecule has 0 bridgehead atoms. The number of hydrogen-bond donors (Lipinski definition) is 1. The molecule has 16 heavy (non-hydrogen) atoms. The highest BCUT2D eigenvalue weighted by Gasteiger charge is 2.08. The Labute approximate surface area is 95.1 Å². The van der Waals surface area contributed by atoms with Crippen molar-refractivity contribution in [3.8, 4) is 22.6 Å². The van der Waals surface area contributed by atoms with Gasteiger partial charge in [0.05, 0.1) is 7.11 Å². The Balaban J connectivity index is 2.63. The fraction of sp³-hybridized carbons (Fsp3) is 0.143. The van der Waals surface area contributed by atoms with Crippen LogP contribution >= 0.6 is 0 Å². The van der Waals surface area contributed by atoms with Crippen LogP contribution in [-0.4, -0.2) is 12.2 Å². The van der Waals surface area contributed by atoms with Crippen molar-refractivity contribution in [3.05, 3.63) is 48.0 Å². The molecule has 0 aliphatic rings. The lowest BCUT2D eigenvalue weighted by Gasteiger charge is -2.11. The van der Waals surface area contributed by atoms with Gasteiger partial charge in [0.15, 0.2) is 0 Å². The van der Waals surface area contributed by atoms with E-state index in [0.29, 0.717) is 0 Å². The van der Waals surface area contributed by atoms with Gasteiger partial charge in [-0.2, -0.15) is 0 Å². The summed E-state index contributed by atoms with van der Waals surface area (Å²) in [6, 6.07) is 13.1. The van der Waals surface area contributed by atoms with Crippen LogP contribution in [0.4, 0.5) is 0 Å². The lowest BCUT2D eigenvalue weighted by Crippen LogP contribution is -1.90. The quantitative estimate of drug-likeness (QED) is 0.830. The summed E-state index contributed by atoms with van der Waals surface area (Å²) in [6.45, 7) is 2.03. The Kier molecular flexibility index (Phi) is 2.82. The van der Waals surface area contributed by atoms with Crippen LogP contribution in [0.1, 0.15) is 5.56 Å². The highest BCUT2D eigenvalue weighted by molar-refractivity contribution is 5.74. The number of aromatic hydroxyl groups is 1. The summed E-state index contributed by atoms with van der Waals surface area (Å²) in [7, 11) is 1.65. The van der Waals surface area contributed by atoms with Crippen LogP contribution in [0.15, 0.2) is 42.5 Å². The largest absolute Gasteiger partial charge is 0.508 e. The van der Waals surface area contributed by atoms with Crippen molar-refractivity contribution in [3.63, 3.8) is 0 Å². The molecule has 1 N–H and O–H groups in total. The Hall–Kier alpha value is -1.96. The number of methoxy groups -OCH3 is 1. The third-order valence-corrected chi connectivity index (χ3v) is 2.59. The van der Waals surface area contributed by atoms with Crippen LogP contribution < -0.4 is 4.74 Å². The van der Waals surface area contributed by atoms with Crippen molar-refractivity contribution < 1.29 is 9.84 Å². The van der Waals surface area contributed by atoms with Crippen LogP contribution in [0, 0.1) is 6.92 Å². The predicted molar refractivity (Wildman–Crippen MR) is 64.8 cm³/mol. The maximum atomic E-state index is 9.49. The maximum absolute atomic E-state index is 9.49. The monoisotopic (exact) mass is 214 g/mol. The number of hydrogen-bond acceptors (Lipinski definition) is 2. The minimum absolute atomic E-state index is 0.266. The number of rotatable bonds is 2. The number of phenols is 1. The fourth-order valence-electron chi connectivity index (χ4n) is 1.84. The molecule has 0 aliphatic carbocycles. The first-order valence-corrected chi connectivity index (χ1v) is 5.15. The first kappa shape index (κ1) is 10.6. The first-order valence-electron chi connectivity index (χ1n) is 5.15. The van der Waals surface area contributed by atoms with Crippen molar-refractivity contribution in [2.45, 2.75) is 6.92 Å². The van der Waals surface area contributed by atoms with E-state index in [1.807, 2.05) is 37.3 Å². The van der Waals surface area contributed by atoms with Gasteiger partial charge in [0.25, 0.3) is 0 Å². The minimum Gasteiger partial charge on any atom is -0.508 e. The average molecular weight is 214 g/mol. The van der Waals surface area contributed by atoms with Crippen LogP contribution in [-0.2, 0) is 0 Å². The molecule has 0 heterocycles. The summed E-state index contributed by atoms with van der Waals surface area (Å²) in [5.74, 6) is 1.09. The Morgan fingerprint density at radius 3 is 2.50 bits per heavy atom. The second-order valence-corrected chi connectivity index (χ2v) is 3.70. The second kappa shape index (κ2) is 4.27. The summed E-state index contributed by atoms with van der Waals surface area (Å²) in [4.78, 5) is 0. The molecule has 2 nitrogen and oxygen atoms in total. The molecular weight excluding hydrogens is 200 g/mol. The van der Waals surface area contributed by atoms with E-state index in [4.69, 9.17) is 4.74 Å². The van der Waals surface area contributed by atoms with Gasteiger partial charge in [0.1, 0.15) is 11.5 Å². The van der Waals surface area contributed by atoms with E-state index in [0.717, 1.165) is 22.4 Å². The third-order valence-electron chi connectivity index (χ3n) is 2.59. The Bertz CT molecular complexity index is 504. The molecule has 0 spiro atoms. The van der Waals surface area contributed by atoms with E-state index < -0.39 is 0 Å². The van der Waals surface area contributed by atoms with E-state index in [1.54, 1.807) is 19.2 Å². The summed E-state index contributed by atoms with van der Waals surface area (Å²) < 4.78 is 5.34. The molecule has 0 saturated heterocycles. The Morgan fingerprint density at radius 1 is 1.06 bits per heavy atom. The van der Waals surface area contributed by atoms with Gasteiger partial charge in [0, 0.05) is 5.56 Å². The smallest absolute Gasteiger partial charge is 0.126 e. The van der Waals surface area contributed by atoms with E-state index in [-0.39, 0.29) is 5.75 Å². The van der Waals surface area contributed by atoms with E-state index in [1.165, 1.54) is 0 Å². The molecule has 0 saturated carbocycles. The molecule has 0 unspecified atom stereocenters. The highest BCUT2D eigenvalue weighted by atomic mass is 16.5. The Morgan fingerprint density at radius 2 is 1.81 bits per heavy atom. The summed E-state index contributed by atoms with van der Waals surface area (Å²) in [5, 5.41) is 9.49. The zero-order chi connectivity index (χ0) is 11.5.